The van der Waals surface area contributed by atoms with Crippen molar-refractivity contribution in [1.82, 2.24) is 10.2 Å². The van der Waals surface area contributed by atoms with E-state index < -0.39 is 0 Å². The van der Waals surface area contributed by atoms with Gasteiger partial charge in [0.15, 0.2) is 0 Å². The van der Waals surface area contributed by atoms with E-state index in [1.807, 2.05) is 0 Å². The molecule has 1 heterocycles. The van der Waals surface area contributed by atoms with Gasteiger partial charge in [0, 0.05) is 12.6 Å². The lowest BCUT2D eigenvalue weighted by Gasteiger charge is -2.37. The first-order valence-corrected chi connectivity index (χ1v) is 8.49. The highest BCUT2D eigenvalue weighted by atomic mass is 15.1. The van der Waals surface area contributed by atoms with Crippen LogP contribution in [0.1, 0.15) is 51.7 Å². The fourth-order valence-electron chi connectivity index (χ4n) is 3.01. The van der Waals surface area contributed by atoms with Crippen molar-refractivity contribution < 1.29 is 0 Å². The number of hydrogen-bond acceptors (Lipinski definition) is 2. The summed E-state index contributed by atoms with van der Waals surface area (Å²) in [7, 11) is 0. The zero-order valence-electron chi connectivity index (χ0n) is 14.3. The van der Waals surface area contributed by atoms with Gasteiger partial charge in [0.25, 0.3) is 0 Å². The van der Waals surface area contributed by atoms with Crippen LogP contribution in [0.3, 0.4) is 0 Å². The Balaban J connectivity index is 1.91. The summed E-state index contributed by atoms with van der Waals surface area (Å²) < 4.78 is 0. The highest BCUT2D eigenvalue weighted by Gasteiger charge is 2.25. The Bertz CT molecular complexity index is 427. The highest BCUT2D eigenvalue weighted by molar-refractivity contribution is 5.27. The van der Waals surface area contributed by atoms with Gasteiger partial charge in [-0.1, -0.05) is 52.0 Å². The molecule has 1 aromatic rings. The standard InChI is InChI=1S/C19H32N2/c1-16(2)20-12-9-17-7-5-6-8-18(17)15-21-13-10-19(3,4)11-14-21/h5-8,16,20H,9-15H2,1-4H3. The molecule has 0 radical (unpaired) electrons. The van der Waals surface area contributed by atoms with Crippen LogP contribution >= 0.6 is 0 Å². The van der Waals surface area contributed by atoms with E-state index in [2.05, 4.69) is 62.2 Å². The van der Waals surface area contributed by atoms with E-state index in [9.17, 15) is 0 Å². The van der Waals surface area contributed by atoms with Crippen LogP contribution in [-0.2, 0) is 13.0 Å². The predicted molar refractivity (Wildman–Crippen MR) is 91.6 cm³/mol. The van der Waals surface area contributed by atoms with E-state index in [1.54, 1.807) is 0 Å². The second-order valence-corrected chi connectivity index (χ2v) is 7.57. The normalized spacial score (nSPS) is 19.1. The molecule has 0 atom stereocenters. The summed E-state index contributed by atoms with van der Waals surface area (Å²) in [6.45, 7) is 13.9. The topological polar surface area (TPSA) is 15.3 Å². The second kappa shape index (κ2) is 7.42. The quantitative estimate of drug-likeness (QED) is 0.855. The minimum atomic E-state index is 0.539. The second-order valence-electron chi connectivity index (χ2n) is 7.57. The van der Waals surface area contributed by atoms with Crippen LogP contribution < -0.4 is 5.32 Å². The van der Waals surface area contributed by atoms with Gasteiger partial charge >= 0.3 is 0 Å². The molecule has 1 aliphatic heterocycles. The van der Waals surface area contributed by atoms with Gasteiger partial charge in [-0.3, -0.25) is 4.90 Å². The summed E-state index contributed by atoms with van der Waals surface area (Å²) in [6, 6.07) is 9.53. The molecule has 118 valence electrons. The molecule has 0 bridgehead atoms. The minimum absolute atomic E-state index is 0.539. The zero-order valence-corrected chi connectivity index (χ0v) is 14.3. The van der Waals surface area contributed by atoms with E-state index in [0.717, 1.165) is 19.5 Å². The first-order valence-electron chi connectivity index (χ1n) is 8.49. The third kappa shape index (κ3) is 5.44. The smallest absolute Gasteiger partial charge is 0.0236 e. The van der Waals surface area contributed by atoms with Crippen LogP contribution in [-0.4, -0.2) is 30.6 Å². The number of piperidine rings is 1. The van der Waals surface area contributed by atoms with Crippen LogP contribution in [0.15, 0.2) is 24.3 Å². The number of nitrogens with one attached hydrogen (secondary N) is 1. The van der Waals surface area contributed by atoms with Gasteiger partial charge in [0.2, 0.25) is 0 Å². The maximum Gasteiger partial charge on any atom is 0.0236 e. The summed E-state index contributed by atoms with van der Waals surface area (Å²) >= 11 is 0. The van der Waals surface area contributed by atoms with Crippen molar-refractivity contribution in [3.05, 3.63) is 35.4 Å². The van der Waals surface area contributed by atoms with Gasteiger partial charge in [-0.2, -0.15) is 0 Å². The Labute approximate surface area is 130 Å². The van der Waals surface area contributed by atoms with E-state index in [1.165, 1.54) is 37.1 Å². The van der Waals surface area contributed by atoms with E-state index in [0.29, 0.717) is 11.5 Å². The number of hydrogen-bond donors (Lipinski definition) is 1. The Hall–Kier alpha value is -0.860. The molecule has 2 heteroatoms. The molecule has 0 spiro atoms. The molecule has 21 heavy (non-hydrogen) atoms. The van der Waals surface area contributed by atoms with Gasteiger partial charge < -0.3 is 5.32 Å². The largest absolute Gasteiger partial charge is 0.314 e. The van der Waals surface area contributed by atoms with Gasteiger partial charge in [0.05, 0.1) is 0 Å². The van der Waals surface area contributed by atoms with Crippen molar-refractivity contribution >= 4 is 0 Å². The average Bonchev–Trinajstić information content (AvgIpc) is 2.42. The monoisotopic (exact) mass is 288 g/mol. The van der Waals surface area contributed by atoms with Crippen molar-refractivity contribution in [2.24, 2.45) is 5.41 Å². The molecule has 0 aromatic heterocycles. The van der Waals surface area contributed by atoms with Crippen molar-refractivity contribution in [3.8, 4) is 0 Å². The van der Waals surface area contributed by atoms with Gasteiger partial charge in [-0.15, -0.1) is 0 Å². The van der Waals surface area contributed by atoms with Crippen LogP contribution in [0.2, 0.25) is 0 Å². The maximum atomic E-state index is 3.52. The molecule has 0 aliphatic carbocycles. The summed E-state index contributed by atoms with van der Waals surface area (Å²) in [4.78, 5) is 2.62. The molecule has 1 aromatic carbocycles. The molecule has 0 amide bonds. The summed E-state index contributed by atoms with van der Waals surface area (Å²) in [5.74, 6) is 0. The van der Waals surface area contributed by atoms with E-state index in [4.69, 9.17) is 0 Å². The van der Waals surface area contributed by atoms with Gasteiger partial charge in [-0.05, 0) is 55.4 Å². The highest BCUT2D eigenvalue weighted by Crippen LogP contribution is 2.30. The first-order chi connectivity index (χ1) is 9.96. The lowest BCUT2D eigenvalue weighted by Crippen LogP contribution is -2.37. The van der Waals surface area contributed by atoms with Crippen LogP contribution in [0, 0.1) is 5.41 Å². The van der Waals surface area contributed by atoms with E-state index in [-0.39, 0.29) is 0 Å². The Kier molecular flexibility index (Phi) is 5.83. The maximum absolute atomic E-state index is 3.52. The average molecular weight is 288 g/mol. The molecule has 1 saturated heterocycles. The fourth-order valence-corrected chi connectivity index (χ4v) is 3.01. The molecule has 2 rings (SSSR count). The van der Waals surface area contributed by atoms with Crippen LogP contribution in [0.5, 0.6) is 0 Å². The summed E-state index contributed by atoms with van der Waals surface area (Å²) in [6.07, 6.45) is 3.78. The molecule has 1 N–H and O–H groups in total. The van der Waals surface area contributed by atoms with Crippen molar-refractivity contribution in [2.45, 2.75) is 59.5 Å². The van der Waals surface area contributed by atoms with Crippen LogP contribution in [0.25, 0.3) is 0 Å². The van der Waals surface area contributed by atoms with Crippen LogP contribution in [0.4, 0.5) is 0 Å². The molecular weight excluding hydrogens is 256 g/mol. The molecule has 1 fully saturated rings. The molecule has 0 saturated carbocycles. The Morgan fingerprint density at radius 3 is 2.33 bits per heavy atom. The lowest BCUT2D eigenvalue weighted by atomic mass is 9.82. The van der Waals surface area contributed by atoms with E-state index >= 15 is 0 Å². The van der Waals surface area contributed by atoms with Crippen molar-refractivity contribution in [3.63, 3.8) is 0 Å². The fraction of sp³-hybridized carbons (Fsp3) is 0.684. The third-order valence-electron chi connectivity index (χ3n) is 4.67. The number of rotatable bonds is 6. The SMILES string of the molecule is CC(C)NCCc1ccccc1CN1CCC(C)(C)CC1. The molecule has 1 aliphatic rings. The van der Waals surface area contributed by atoms with Crippen molar-refractivity contribution in [2.75, 3.05) is 19.6 Å². The lowest BCUT2D eigenvalue weighted by molar-refractivity contribution is 0.127. The summed E-state index contributed by atoms with van der Waals surface area (Å²) in [5, 5.41) is 3.52. The summed E-state index contributed by atoms with van der Waals surface area (Å²) in [5.41, 5.74) is 3.57. The number of benzene rings is 1. The van der Waals surface area contributed by atoms with Gasteiger partial charge in [-0.25, -0.2) is 0 Å². The van der Waals surface area contributed by atoms with Gasteiger partial charge in [0.1, 0.15) is 0 Å². The minimum Gasteiger partial charge on any atom is -0.314 e. The molecule has 2 nitrogen and oxygen atoms in total. The molecule has 0 unspecified atom stereocenters. The first kappa shape index (κ1) is 16.5. The molecular formula is C19H32N2. The Morgan fingerprint density at radius 2 is 1.71 bits per heavy atom. The third-order valence-corrected chi connectivity index (χ3v) is 4.67. The predicted octanol–water partition coefficient (Wildman–Crippen LogP) is 3.85. The zero-order chi connectivity index (χ0) is 15.3. The number of nitrogens with zero attached hydrogens (tertiary/aromatic N) is 1. The Morgan fingerprint density at radius 1 is 1.10 bits per heavy atom. The number of likely N-dealkylation sites (tertiary alicyclic amines) is 1. The van der Waals surface area contributed by atoms with Crippen molar-refractivity contribution in [1.29, 1.82) is 0 Å².